The van der Waals surface area contributed by atoms with E-state index in [2.05, 4.69) is 0 Å². The number of amides is 1. The number of hydrogen-bond donors (Lipinski definition) is 3. The summed E-state index contributed by atoms with van der Waals surface area (Å²) in [5.41, 5.74) is 0.720. The molecule has 0 radical (unpaired) electrons. The van der Waals surface area contributed by atoms with E-state index in [0.29, 0.717) is 0 Å². The first-order valence-corrected chi connectivity index (χ1v) is 7.54. The van der Waals surface area contributed by atoms with Crippen LogP contribution >= 0.6 is 0 Å². The first-order chi connectivity index (χ1) is 9.78. The van der Waals surface area contributed by atoms with Crippen LogP contribution in [0.25, 0.3) is 0 Å². The number of carboxylic acid groups (broad SMARTS) is 1. The largest absolute Gasteiger partial charge is 0.480 e. The minimum atomic E-state index is -4.30. The highest BCUT2D eigenvalue weighted by Gasteiger charge is 2.22. The molecule has 0 aliphatic heterocycles. The zero-order valence-corrected chi connectivity index (χ0v) is 11.7. The maximum atomic E-state index is 11.4. The number of hydrogen-bond acceptors (Lipinski definition) is 5. The summed E-state index contributed by atoms with van der Waals surface area (Å²) in [4.78, 5) is 22.3. The first-order valence-electron chi connectivity index (χ1n) is 5.93. The Morgan fingerprint density at radius 2 is 1.86 bits per heavy atom. The van der Waals surface area contributed by atoms with E-state index >= 15 is 0 Å². The average Bonchev–Trinajstić information content (AvgIpc) is 2.41. The van der Waals surface area contributed by atoms with Gasteiger partial charge in [0.05, 0.1) is 5.75 Å². The fourth-order valence-corrected chi connectivity index (χ4v) is 1.96. The molecular weight excluding hydrogens is 302 g/mol. The molecule has 116 valence electrons. The van der Waals surface area contributed by atoms with Crippen LogP contribution in [0.3, 0.4) is 0 Å². The number of carboxylic acids is 1. The van der Waals surface area contributed by atoms with Gasteiger partial charge in [0, 0.05) is 0 Å². The highest BCUT2D eigenvalue weighted by molar-refractivity contribution is 7.85. The predicted molar refractivity (Wildman–Crippen MR) is 72.2 cm³/mol. The number of carbonyl (C=O) groups excluding carboxylic acids is 1. The van der Waals surface area contributed by atoms with Crippen LogP contribution in [0.5, 0.6) is 0 Å². The SMILES string of the molecule is O=C(NC(CCS(=O)(=O)O)C(=O)O)OCc1ccccc1. The molecule has 0 aliphatic rings. The van der Waals surface area contributed by atoms with Crippen molar-refractivity contribution in [3.63, 3.8) is 0 Å². The second-order valence-corrected chi connectivity index (χ2v) is 5.74. The van der Waals surface area contributed by atoms with Gasteiger partial charge in [0.2, 0.25) is 0 Å². The van der Waals surface area contributed by atoms with Crippen LogP contribution in [-0.4, -0.2) is 41.9 Å². The Labute approximate surface area is 121 Å². The normalized spacial score (nSPS) is 12.4. The van der Waals surface area contributed by atoms with Crippen molar-refractivity contribution >= 4 is 22.2 Å². The molecule has 21 heavy (non-hydrogen) atoms. The van der Waals surface area contributed by atoms with Crippen LogP contribution in [0.1, 0.15) is 12.0 Å². The van der Waals surface area contributed by atoms with Crippen LogP contribution < -0.4 is 5.32 Å². The molecule has 0 fully saturated rings. The van der Waals surface area contributed by atoms with Gasteiger partial charge in [-0.05, 0) is 12.0 Å². The van der Waals surface area contributed by atoms with Gasteiger partial charge in [0.15, 0.2) is 0 Å². The summed E-state index contributed by atoms with van der Waals surface area (Å²) >= 11 is 0. The highest BCUT2D eigenvalue weighted by Crippen LogP contribution is 2.02. The Bertz CT molecular complexity index is 585. The van der Waals surface area contributed by atoms with E-state index in [1.807, 2.05) is 5.32 Å². The number of rotatable bonds is 7. The summed E-state index contributed by atoms with van der Waals surface area (Å²) < 4.78 is 34.5. The molecular formula is C12H15NO7S. The zero-order chi connectivity index (χ0) is 15.9. The molecule has 1 amide bonds. The molecule has 9 heteroatoms. The third kappa shape index (κ3) is 7.28. The average molecular weight is 317 g/mol. The topological polar surface area (TPSA) is 130 Å². The number of nitrogens with one attached hydrogen (secondary N) is 1. The maximum Gasteiger partial charge on any atom is 0.408 e. The number of aliphatic carboxylic acids is 1. The quantitative estimate of drug-likeness (QED) is 0.629. The summed E-state index contributed by atoms with van der Waals surface area (Å²) in [6.45, 7) is -0.0443. The lowest BCUT2D eigenvalue weighted by Crippen LogP contribution is -2.42. The smallest absolute Gasteiger partial charge is 0.408 e. The lowest BCUT2D eigenvalue weighted by molar-refractivity contribution is -0.139. The molecule has 0 saturated heterocycles. The second kappa shape index (κ2) is 7.60. The van der Waals surface area contributed by atoms with Crippen molar-refractivity contribution in [3.05, 3.63) is 35.9 Å². The van der Waals surface area contributed by atoms with Gasteiger partial charge in [-0.15, -0.1) is 0 Å². The summed E-state index contributed by atoms with van der Waals surface area (Å²) in [7, 11) is -4.30. The van der Waals surface area contributed by atoms with Crippen molar-refractivity contribution in [2.24, 2.45) is 0 Å². The van der Waals surface area contributed by atoms with E-state index in [-0.39, 0.29) is 6.61 Å². The molecule has 0 bridgehead atoms. The lowest BCUT2D eigenvalue weighted by atomic mass is 10.2. The van der Waals surface area contributed by atoms with E-state index in [9.17, 15) is 18.0 Å². The molecule has 1 aromatic rings. The molecule has 0 heterocycles. The number of ether oxygens (including phenoxy) is 1. The minimum Gasteiger partial charge on any atom is -0.480 e. The van der Waals surface area contributed by atoms with Gasteiger partial charge in [-0.25, -0.2) is 9.59 Å². The molecule has 0 aliphatic carbocycles. The van der Waals surface area contributed by atoms with Gasteiger partial charge < -0.3 is 15.2 Å². The van der Waals surface area contributed by atoms with Crippen LogP contribution in [0.2, 0.25) is 0 Å². The summed E-state index contributed by atoms with van der Waals surface area (Å²) in [5.74, 6) is -2.20. The van der Waals surface area contributed by atoms with Crippen molar-refractivity contribution in [1.29, 1.82) is 0 Å². The maximum absolute atomic E-state index is 11.4. The molecule has 3 N–H and O–H groups in total. The van der Waals surface area contributed by atoms with Crippen molar-refractivity contribution < 1.29 is 32.4 Å². The third-order valence-corrected chi connectivity index (χ3v) is 3.22. The molecule has 0 saturated carbocycles. The van der Waals surface area contributed by atoms with Crippen LogP contribution in [0, 0.1) is 0 Å². The fourth-order valence-electron chi connectivity index (χ4n) is 1.43. The van der Waals surface area contributed by atoms with Crippen molar-refractivity contribution in [2.75, 3.05) is 5.75 Å². The van der Waals surface area contributed by atoms with E-state index in [1.165, 1.54) is 0 Å². The lowest BCUT2D eigenvalue weighted by Gasteiger charge is -2.13. The predicted octanol–water partition coefficient (Wildman–Crippen LogP) is 0.644. The molecule has 1 aromatic carbocycles. The van der Waals surface area contributed by atoms with Crippen LogP contribution in [0.15, 0.2) is 30.3 Å². The fraction of sp³-hybridized carbons (Fsp3) is 0.333. The minimum absolute atomic E-state index is 0.0443. The standard InChI is InChI=1S/C12H15NO7S/c14-11(15)10(6-7-21(17,18)19)13-12(16)20-8-9-4-2-1-3-5-9/h1-5,10H,6-8H2,(H,13,16)(H,14,15)(H,17,18,19). The number of carbonyl (C=O) groups is 2. The van der Waals surface area contributed by atoms with Gasteiger partial charge >= 0.3 is 12.1 Å². The Balaban J connectivity index is 2.47. The molecule has 0 spiro atoms. The van der Waals surface area contributed by atoms with Crippen molar-refractivity contribution in [3.8, 4) is 0 Å². The summed E-state index contributed by atoms with van der Waals surface area (Å²) in [5, 5.41) is 10.9. The monoisotopic (exact) mass is 317 g/mol. The molecule has 1 rings (SSSR count). The summed E-state index contributed by atoms with van der Waals surface area (Å²) in [6.07, 6.45) is -1.45. The van der Waals surface area contributed by atoms with Crippen molar-refractivity contribution in [2.45, 2.75) is 19.1 Å². The third-order valence-electron chi connectivity index (χ3n) is 2.47. The molecule has 8 nitrogen and oxygen atoms in total. The highest BCUT2D eigenvalue weighted by atomic mass is 32.2. The Hall–Kier alpha value is -2.13. The van der Waals surface area contributed by atoms with Gasteiger partial charge in [-0.1, -0.05) is 30.3 Å². The number of alkyl carbamates (subject to hydrolysis) is 1. The van der Waals surface area contributed by atoms with E-state index in [1.54, 1.807) is 30.3 Å². The molecule has 1 unspecified atom stereocenters. The van der Waals surface area contributed by atoms with Crippen LogP contribution in [-0.2, 0) is 26.3 Å². The van der Waals surface area contributed by atoms with Gasteiger partial charge in [0.1, 0.15) is 12.6 Å². The van der Waals surface area contributed by atoms with E-state index < -0.39 is 40.4 Å². The number of benzene rings is 1. The van der Waals surface area contributed by atoms with E-state index in [4.69, 9.17) is 14.4 Å². The van der Waals surface area contributed by atoms with E-state index in [0.717, 1.165) is 5.56 Å². The van der Waals surface area contributed by atoms with Gasteiger partial charge in [-0.3, -0.25) is 4.55 Å². The Morgan fingerprint density at radius 1 is 1.24 bits per heavy atom. The van der Waals surface area contributed by atoms with Gasteiger partial charge in [-0.2, -0.15) is 8.42 Å². The zero-order valence-electron chi connectivity index (χ0n) is 10.9. The van der Waals surface area contributed by atoms with Gasteiger partial charge in [0.25, 0.3) is 10.1 Å². The summed E-state index contributed by atoms with van der Waals surface area (Å²) in [6, 6.07) is 7.28. The van der Waals surface area contributed by atoms with Crippen LogP contribution in [0.4, 0.5) is 4.79 Å². The molecule has 1 atom stereocenters. The Kier molecular flexibility index (Phi) is 6.12. The molecule has 0 aromatic heterocycles. The van der Waals surface area contributed by atoms with Crippen molar-refractivity contribution in [1.82, 2.24) is 5.32 Å². The Morgan fingerprint density at radius 3 is 2.38 bits per heavy atom. The second-order valence-electron chi connectivity index (χ2n) is 4.17. The first kappa shape index (κ1) is 16.9.